The Bertz CT molecular complexity index is 891. The van der Waals surface area contributed by atoms with Crippen molar-refractivity contribution in [3.8, 4) is 0 Å². The molecule has 128 valence electrons. The zero-order valence-electron chi connectivity index (χ0n) is 13.5. The van der Waals surface area contributed by atoms with Gasteiger partial charge in [-0.3, -0.25) is 4.72 Å². The Morgan fingerprint density at radius 1 is 1.17 bits per heavy atom. The molecule has 0 amide bonds. The van der Waals surface area contributed by atoms with E-state index in [2.05, 4.69) is 4.72 Å². The predicted molar refractivity (Wildman–Crippen MR) is 89.4 cm³/mol. The van der Waals surface area contributed by atoms with Gasteiger partial charge in [0.15, 0.2) is 0 Å². The molecule has 0 fully saturated rings. The number of carbonyl (C=O) groups is 1. The summed E-state index contributed by atoms with van der Waals surface area (Å²) in [5.41, 5.74) is 0.784. The zero-order chi connectivity index (χ0) is 18.1. The van der Waals surface area contributed by atoms with E-state index in [9.17, 15) is 17.6 Å². The first-order valence-electron chi connectivity index (χ1n) is 7.28. The van der Waals surface area contributed by atoms with E-state index >= 15 is 0 Å². The summed E-state index contributed by atoms with van der Waals surface area (Å²) in [5.74, 6) is -2.08. The van der Waals surface area contributed by atoms with Crippen LogP contribution in [0.4, 0.5) is 10.1 Å². The van der Waals surface area contributed by atoms with Crippen molar-refractivity contribution >= 4 is 21.7 Å². The number of aromatic carboxylic acids is 1. The van der Waals surface area contributed by atoms with Gasteiger partial charge >= 0.3 is 5.97 Å². The molecule has 0 aliphatic heterocycles. The number of aryl methyl sites for hydroxylation is 1. The zero-order valence-corrected chi connectivity index (χ0v) is 14.3. The maximum atomic E-state index is 13.9. The lowest BCUT2D eigenvalue weighted by Crippen LogP contribution is -2.17. The van der Waals surface area contributed by atoms with Crippen molar-refractivity contribution < 1.29 is 22.7 Å². The van der Waals surface area contributed by atoms with Crippen LogP contribution in [0.3, 0.4) is 0 Å². The number of rotatable bonds is 5. The summed E-state index contributed by atoms with van der Waals surface area (Å²) < 4.78 is 41.5. The van der Waals surface area contributed by atoms with Gasteiger partial charge in [-0.15, -0.1) is 0 Å². The molecule has 24 heavy (non-hydrogen) atoms. The van der Waals surface area contributed by atoms with Gasteiger partial charge < -0.3 is 5.11 Å². The molecule has 2 N–H and O–H groups in total. The Kier molecular flexibility index (Phi) is 4.94. The van der Waals surface area contributed by atoms with Crippen LogP contribution in [0.15, 0.2) is 41.3 Å². The first kappa shape index (κ1) is 17.9. The third kappa shape index (κ3) is 3.73. The van der Waals surface area contributed by atoms with E-state index in [1.54, 1.807) is 26.8 Å². The van der Waals surface area contributed by atoms with Crippen molar-refractivity contribution in [1.29, 1.82) is 0 Å². The molecule has 0 atom stereocenters. The minimum Gasteiger partial charge on any atom is -0.478 e. The van der Waals surface area contributed by atoms with Crippen LogP contribution in [0.1, 0.15) is 41.3 Å². The summed E-state index contributed by atoms with van der Waals surface area (Å²) in [5, 5.41) is 9.09. The van der Waals surface area contributed by atoms with Crippen LogP contribution in [0.2, 0.25) is 0 Å². The molecule has 0 radical (unpaired) electrons. The fraction of sp³-hybridized carbons (Fsp3) is 0.235. The average molecular weight is 351 g/mol. The molecule has 0 saturated carbocycles. The number of sulfonamides is 1. The van der Waals surface area contributed by atoms with Crippen molar-refractivity contribution in [2.45, 2.75) is 31.6 Å². The van der Waals surface area contributed by atoms with Crippen LogP contribution < -0.4 is 4.72 Å². The topological polar surface area (TPSA) is 83.5 Å². The molecular formula is C17H18FNO4S. The smallest absolute Gasteiger partial charge is 0.335 e. The highest BCUT2D eigenvalue weighted by atomic mass is 32.2. The number of anilines is 1. The summed E-state index contributed by atoms with van der Waals surface area (Å²) in [7, 11) is -4.13. The molecule has 2 aromatic rings. The highest BCUT2D eigenvalue weighted by molar-refractivity contribution is 7.92. The van der Waals surface area contributed by atoms with E-state index in [1.807, 2.05) is 0 Å². The van der Waals surface area contributed by atoms with E-state index in [-0.39, 0.29) is 22.1 Å². The molecule has 7 heteroatoms. The summed E-state index contributed by atoms with van der Waals surface area (Å²) in [6.45, 7) is 5.27. The fourth-order valence-electron chi connectivity index (χ4n) is 2.28. The third-order valence-corrected chi connectivity index (χ3v) is 4.96. The number of hydrogen-bond donors (Lipinski definition) is 2. The van der Waals surface area contributed by atoms with Crippen LogP contribution in [0, 0.1) is 12.7 Å². The van der Waals surface area contributed by atoms with E-state index in [1.165, 1.54) is 24.3 Å². The van der Waals surface area contributed by atoms with Gasteiger partial charge in [-0.25, -0.2) is 17.6 Å². The van der Waals surface area contributed by atoms with Crippen LogP contribution in [0.25, 0.3) is 0 Å². The van der Waals surface area contributed by atoms with Gasteiger partial charge in [0.1, 0.15) is 5.82 Å². The molecule has 0 aromatic heterocycles. The summed E-state index contributed by atoms with van der Waals surface area (Å²) in [6, 6.07) is 8.04. The second-order valence-electron chi connectivity index (χ2n) is 5.80. The number of halogens is 1. The number of carboxylic acid groups (broad SMARTS) is 1. The minimum atomic E-state index is -4.13. The van der Waals surface area contributed by atoms with Crippen molar-refractivity contribution in [1.82, 2.24) is 0 Å². The normalized spacial score (nSPS) is 11.5. The number of benzene rings is 2. The van der Waals surface area contributed by atoms with Gasteiger partial charge in [-0.2, -0.15) is 0 Å². The van der Waals surface area contributed by atoms with Crippen LogP contribution in [-0.2, 0) is 10.0 Å². The van der Waals surface area contributed by atoms with E-state index in [0.717, 1.165) is 6.07 Å². The summed E-state index contributed by atoms with van der Waals surface area (Å²) >= 11 is 0. The first-order chi connectivity index (χ1) is 11.1. The van der Waals surface area contributed by atoms with Crippen molar-refractivity contribution in [3.63, 3.8) is 0 Å². The number of carboxylic acids is 1. The standard InChI is InChI=1S/C17H18FNO4S/c1-10(2)13-6-5-12(17(20)21)9-16(13)24(22,23)19-15-7-4-11(3)8-14(15)18/h4-10,19H,1-3H3,(H,20,21). The highest BCUT2D eigenvalue weighted by Gasteiger charge is 2.23. The molecule has 0 heterocycles. The Balaban J connectivity index is 2.55. The van der Waals surface area contributed by atoms with E-state index < -0.39 is 21.8 Å². The lowest BCUT2D eigenvalue weighted by molar-refractivity contribution is 0.0696. The molecule has 0 unspecified atom stereocenters. The quantitative estimate of drug-likeness (QED) is 0.859. The van der Waals surface area contributed by atoms with Crippen LogP contribution in [0.5, 0.6) is 0 Å². The van der Waals surface area contributed by atoms with Crippen molar-refractivity contribution in [2.24, 2.45) is 0 Å². The van der Waals surface area contributed by atoms with Gasteiger partial charge in [0.05, 0.1) is 16.1 Å². The lowest BCUT2D eigenvalue weighted by atomic mass is 10.0. The SMILES string of the molecule is Cc1ccc(NS(=O)(=O)c2cc(C(=O)O)ccc2C(C)C)c(F)c1. The largest absolute Gasteiger partial charge is 0.478 e. The van der Waals surface area contributed by atoms with Gasteiger partial charge in [-0.1, -0.05) is 26.0 Å². The monoisotopic (exact) mass is 351 g/mol. The van der Waals surface area contributed by atoms with Crippen molar-refractivity contribution in [2.75, 3.05) is 4.72 Å². The van der Waals surface area contributed by atoms with Gasteiger partial charge in [0.2, 0.25) is 0 Å². The molecule has 0 bridgehead atoms. The first-order valence-corrected chi connectivity index (χ1v) is 8.76. The third-order valence-electron chi connectivity index (χ3n) is 3.54. The summed E-state index contributed by atoms with van der Waals surface area (Å²) in [6.07, 6.45) is 0. The molecule has 0 saturated heterocycles. The molecule has 0 aliphatic rings. The van der Waals surface area contributed by atoms with Crippen LogP contribution >= 0.6 is 0 Å². The van der Waals surface area contributed by atoms with Gasteiger partial charge in [-0.05, 0) is 48.2 Å². The molecule has 0 aliphatic carbocycles. The second-order valence-corrected chi connectivity index (χ2v) is 7.45. The Labute approximate surface area is 140 Å². The molecule has 5 nitrogen and oxygen atoms in total. The highest BCUT2D eigenvalue weighted by Crippen LogP contribution is 2.28. The van der Waals surface area contributed by atoms with Crippen molar-refractivity contribution in [3.05, 3.63) is 58.9 Å². The van der Waals surface area contributed by atoms with E-state index in [4.69, 9.17) is 5.11 Å². The molecule has 2 rings (SSSR count). The second kappa shape index (κ2) is 6.60. The maximum absolute atomic E-state index is 13.9. The predicted octanol–water partition coefficient (Wildman–Crippen LogP) is 3.76. The van der Waals surface area contributed by atoms with E-state index in [0.29, 0.717) is 11.1 Å². The van der Waals surface area contributed by atoms with Gasteiger partial charge in [0.25, 0.3) is 10.0 Å². The molecule has 2 aromatic carbocycles. The lowest BCUT2D eigenvalue weighted by Gasteiger charge is -2.16. The molecular weight excluding hydrogens is 333 g/mol. The molecule has 0 spiro atoms. The average Bonchev–Trinajstić information content (AvgIpc) is 2.49. The number of hydrogen-bond acceptors (Lipinski definition) is 3. The Hall–Kier alpha value is -2.41. The Morgan fingerprint density at radius 2 is 1.83 bits per heavy atom. The maximum Gasteiger partial charge on any atom is 0.335 e. The van der Waals surface area contributed by atoms with Crippen LogP contribution in [-0.4, -0.2) is 19.5 Å². The fourth-order valence-corrected chi connectivity index (χ4v) is 3.74. The van der Waals surface area contributed by atoms with Gasteiger partial charge in [0, 0.05) is 0 Å². The minimum absolute atomic E-state index is 0.149. The Morgan fingerprint density at radius 3 is 2.38 bits per heavy atom. The number of nitrogens with one attached hydrogen (secondary N) is 1. The summed E-state index contributed by atoms with van der Waals surface area (Å²) in [4.78, 5) is 11.0.